The summed E-state index contributed by atoms with van der Waals surface area (Å²) in [5, 5.41) is 4.54. The molecule has 1 aliphatic heterocycles. The minimum absolute atomic E-state index is 0.163. The van der Waals surface area contributed by atoms with E-state index in [4.69, 9.17) is 27.9 Å². The molecule has 0 spiro atoms. The van der Waals surface area contributed by atoms with E-state index in [2.05, 4.69) is 19.2 Å². The Morgan fingerprint density at radius 1 is 1.40 bits per heavy atom. The van der Waals surface area contributed by atoms with Gasteiger partial charge in [0.15, 0.2) is 5.75 Å². The summed E-state index contributed by atoms with van der Waals surface area (Å²) in [4.78, 5) is 0. The first kappa shape index (κ1) is 10.9. The number of fused-ring (bicyclic) bond motifs is 1. The van der Waals surface area contributed by atoms with Crippen LogP contribution in [-0.2, 0) is 0 Å². The first-order chi connectivity index (χ1) is 7.11. The van der Waals surface area contributed by atoms with Crippen molar-refractivity contribution in [2.45, 2.75) is 32.4 Å². The van der Waals surface area contributed by atoms with E-state index in [0.29, 0.717) is 15.8 Å². The number of benzene rings is 1. The molecule has 0 saturated carbocycles. The molecule has 0 aromatic heterocycles. The highest BCUT2D eigenvalue weighted by Crippen LogP contribution is 2.40. The van der Waals surface area contributed by atoms with Crippen molar-refractivity contribution >= 4 is 28.9 Å². The number of hydrogen-bond acceptors (Lipinski definition) is 2. The Morgan fingerprint density at radius 2 is 2.13 bits per heavy atom. The van der Waals surface area contributed by atoms with Crippen LogP contribution in [0.15, 0.2) is 12.1 Å². The van der Waals surface area contributed by atoms with Gasteiger partial charge in [0.2, 0.25) is 0 Å². The van der Waals surface area contributed by atoms with Crippen LogP contribution >= 0.6 is 23.2 Å². The van der Waals surface area contributed by atoms with Gasteiger partial charge in [0.1, 0.15) is 6.10 Å². The Kier molecular flexibility index (Phi) is 2.98. The van der Waals surface area contributed by atoms with E-state index in [9.17, 15) is 0 Å². The largest absolute Gasteiger partial charge is 0.485 e. The van der Waals surface area contributed by atoms with Gasteiger partial charge in [-0.25, -0.2) is 0 Å². The number of hydrogen-bond donors (Lipinski definition) is 1. The maximum Gasteiger partial charge on any atom is 0.161 e. The van der Waals surface area contributed by atoms with Gasteiger partial charge in [-0.1, -0.05) is 30.1 Å². The van der Waals surface area contributed by atoms with Crippen LogP contribution in [0.1, 0.15) is 20.3 Å². The van der Waals surface area contributed by atoms with Crippen molar-refractivity contribution in [3.05, 3.63) is 22.2 Å². The van der Waals surface area contributed by atoms with Gasteiger partial charge in [-0.05, 0) is 25.5 Å². The number of anilines is 1. The summed E-state index contributed by atoms with van der Waals surface area (Å²) in [6, 6.07) is 3.81. The van der Waals surface area contributed by atoms with E-state index in [1.807, 2.05) is 6.07 Å². The van der Waals surface area contributed by atoms with Gasteiger partial charge in [-0.2, -0.15) is 0 Å². The molecule has 82 valence electrons. The van der Waals surface area contributed by atoms with Crippen LogP contribution in [0, 0.1) is 0 Å². The molecule has 0 saturated heterocycles. The summed E-state index contributed by atoms with van der Waals surface area (Å²) < 4.78 is 5.83. The summed E-state index contributed by atoms with van der Waals surface area (Å²) in [5.74, 6) is 0.714. The zero-order chi connectivity index (χ0) is 11.0. The van der Waals surface area contributed by atoms with E-state index in [0.717, 1.165) is 12.1 Å². The molecule has 0 radical (unpaired) electrons. The van der Waals surface area contributed by atoms with Crippen molar-refractivity contribution in [3.63, 3.8) is 0 Å². The highest BCUT2D eigenvalue weighted by Gasteiger charge is 2.26. The topological polar surface area (TPSA) is 21.3 Å². The molecule has 2 atom stereocenters. The van der Waals surface area contributed by atoms with Crippen molar-refractivity contribution in [3.8, 4) is 5.75 Å². The predicted octanol–water partition coefficient (Wildman–Crippen LogP) is 3.96. The standard InChI is InChI=1S/C11H13Cl2NO/c1-3-10-6(2)14-9-5-7(12)4-8(13)11(9)15-10/h4-6,10,14H,3H2,1-2H3. The van der Waals surface area contributed by atoms with Gasteiger partial charge in [-0.3, -0.25) is 0 Å². The first-order valence-corrected chi connectivity index (χ1v) is 5.79. The molecule has 4 heteroatoms. The van der Waals surface area contributed by atoms with Gasteiger partial charge in [0.25, 0.3) is 0 Å². The molecule has 0 amide bonds. The lowest BCUT2D eigenvalue weighted by molar-refractivity contribution is 0.170. The molecule has 0 fully saturated rings. The first-order valence-electron chi connectivity index (χ1n) is 5.04. The third-order valence-electron chi connectivity index (χ3n) is 2.62. The van der Waals surface area contributed by atoms with Crippen LogP contribution in [0.2, 0.25) is 10.0 Å². The third-order valence-corrected chi connectivity index (χ3v) is 3.12. The average Bonchev–Trinajstić information content (AvgIpc) is 2.16. The molecule has 1 aromatic carbocycles. The maximum atomic E-state index is 6.07. The monoisotopic (exact) mass is 245 g/mol. The molecule has 0 bridgehead atoms. The van der Waals surface area contributed by atoms with Crippen LogP contribution in [-0.4, -0.2) is 12.1 Å². The van der Waals surface area contributed by atoms with E-state index in [1.54, 1.807) is 6.07 Å². The molecule has 2 unspecified atom stereocenters. The van der Waals surface area contributed by atoms with Gasteiger partial charge >= 0.3 is 0 Å². The Labute approximate surface area is 99.5 Å². The third kappa shape index (κ3) is 2.01. The summed E-state index contributed by atoms with van der Waals surface area (Å²) in [6.45, 7) is 4.18. The van der Waals surface area contributed by atoms with Crippen LogP contribution < -0.4 is 10.1 Å². The molecular formula is C11H13Cl2NO. The second-order valence-electron chi connectivity index (χ2n) is 3.76. The molecule has 1 heterocycles. The molecule has 1 aromatic rings. The van der Waals surface area contributed by atoms with E-state index < -0.39 is 0 Å². The lowest BCUT2D eigenvalue weighted by atomic mass is 10.1. The van der Waals surface area contributed by atoms with Crippen LogP contribution in [0.3, 0.4) is 0 Å². The summed E-state index contributed by atoms with van der Waals surface area (Å²) >= 11 is 12.0. The fraction of sp³-hybridized carbons (Fsp3) is 0.455. The molecule has 1 N–H and O–H groups in total. The zero-order valence-electron chi connectivity index (χ0n) is 8.68. The van der Waals surface area contributed by atoms with Crippen LogP contribution in [0.4, 0.5) is 5.69 Å². The van der Waals surface area contributed by atoms with Crippen molar-refractivity contribution in [1.29, 1.82) is 0 Å². The smallest absolute Gasteiger partial charge is 0.161 e. The summed E-state index contributed by atoms with van der Waals surface area (Å²) in [6.07, 6.45) is 1.11. The van der Waals surface area contributed by atoms with Gasteiger partial charge in [-0.15, -0.1) is 0 Å². The maximum absolute atomic E-state index is 6.07. The van der Waals surface area contributed by atoms with Crippen molar-refractivity contribution in [1.82, 2.24) is 0 Å². The summed E-state index contributed by atoms with van der Waals surface area (Å²) in [5.41, 5.74) is 0.879. The van der Waals surface area contributed by atoms with Crippen molar-refractivity contribution < 1.29 is 4.74 Å². The predicted molar refractivity (Wildman–Crippen MR) is 64.3 cm³/mol. The molecule has 0 aliphatic carbocycles. The summed E-state index contributed by atoms with van der Waals surface area (Å²) in [7, 11) is 0. The van der Waals surface area contributed by atoms with Crippen molar-refractivity contribution in [2.24, 2.45) is 0 Å². The molecule has 2 rings (SSSR count). The number of halogens is 2. The Morgan fingerprint density at radius 3 is 2.80 bits per heavy atom. The second-order valence-corrected chi connectivity index (χ2v) is 4.61. The van der Waals surface area contributed by atoms with Gasteiger partial charge in [0.05, 0.1) is 16.8 Å². The SMILES string of the molecule is CCC1Oc2c(Cl)cc(Cl)cc2NC1C. The minimum atomic E-state index is 0.163. The number of rotatable bonds is 1. The quantitative estimate of drug-likeness (QED) is 0.809. The highest BCUT2D eigenvalue weighted by molar-refractivity contribution is 6.36. The fourth-order valence-corrected chi connectivity index (χ4v) is 2.35. The number of nitrogens with one attached hydrogen (secondary N) is 1. The Bertz CT molecular complexity index is 381. The minimum Gasteiger partial charge on any atom is -0.485 e. The van der Waals surface area contributed by atoms with E-state index in [1.165, 1.54) is 0 Å². The lowest BCUT2D eigenvalue weighted by Crippen LogP contribution is -2.38. The fourth-order valence-electron chi connectivity index (χ4n) is 1.82. The lowest BCUT2D eigenvalue weighted by Gasteiger charge is -2.33. The van der Waals surface area contributed by atoms with Crippen LogP contribution in [0.5, 0.6) is 5.75 Å². The van der Waals surface area contributed by atoms with E-state index >= 15 is 0 Å². The Balaban J connectivity index is 2.40. The molecule has 2 nitrogen and oxygen atoms in total. The van der Waals surface area contributed by atoms with Gasteiger partial charge < -0.3 is 10.1 Å². The molecular weight excluding hydrogens is 233 g/mol. The molecule has 15 heavy (non-hydrogen) atoms. The average molecular weight is 246 g/mol. The van der Waals surface area contributed by atoms with E-state index in [-0.39, 0.29) is 12.1 Å². The molecule has 1 aliphatic rings. The normalized spacial score (nSPS) is 24.0. The van der Waals surface area contributed by atoms with Gasteiger partial charge in [0, 0.05) is 5.02 Å². The van der Waals surface area contributed by atoms with Crippen LogP contribution in [0.25, 0.3) is 0 Å². The highest BCUT2D eigenvalue weighted by atomic mass is 35.5. The second kappa shape index (κ2) is 4.11. The number of ether oxygens (including phenoxy) is 1. The van der Waals surface area contributed by atoms with Crippen molar-refractivity contribution in [2.75, 3.05) is 5.32 Å². The Hall–Kier alpha value is -0.600. The zero-order valence-corrected chi connectivity index (χ0v) is 10.2.